The number of benzene rings is 1. The van der Waals surface area contributed by atoms with Gasteiger partial charge >= 0.3 is 0 Å². The molecule has 0 spiro atoms. The lowest BCUT2D eigenvalue weighted by Gasteiger charge is -2.34. The van der Waals surface area contributed by atoms with Crippen LogP contribution in [0.3, 0.4) is 0 Å². The topological polar surface area (TPSA) is 35.2 Å². The molecule has 0 amide bonds. The molecule has 2 N–H and O–H groups in total. The Bertz CT molecular complexity index is 406. The molecule has 18 heavy (non-hydrogen) atoms. The Morgan fingerprint density at radius 2 is 1.83 bits per heavy atom. The molecule has 100 valence electrons. The third kappa shape index (κ3) is 2.54. The summed E-state index contributed by atoms with van der Waals surface area (Å²) in [4.78, 5) is 0. The fourth-order valence-corrected chi connectivity index (χ4v) is 2.97. The second-order valence-corrected chi connectivity index (χ2v) is 5.83. The van der Waals surface area contributed by atoms with Crippen molar-refractivity contribution in [1.82, 2.24) is 0 Å². The zero-order valence-electron chi connectivity index (χ0n) is 11.8. The van der Waals surface area contributed by atoms with Crippen molar-refractivity contribution in [2.24, 2.45) is 5.73 Å². The van der Waals surface area contributed by atoms with Crippen molar-refractivity contribution in [2.45, 2.75) is 57.4 Å². The SMILES string of the molecule is COc1ccc(C2(N)CCCCC2)cc1C(C)C. The van der Waals surface area contributed by atoms with E-state index in [0.717, 1.165) is 18.6 Å². The molecule has 2 heteroatoms. The summed E-state index contributed by atoms with van der Waals surface area (Å²) >= 11 is 0. The van der Waals surface area contributed by atoms with E-state index in [2.05, 4.69) is 32.0 Å². The third-order valence-corrected chi connectivity index (χ3v) is 4.17. The van der Waals surface area contributed by atoms with Crippen molar-refractivity contribution in [2.75, 3.05) is 7.11 Å². The molecule has 0 bridgehead atoms. The van der Waals surface area contributed by atoms with E-state index in [1.54, 1.807) is 7.11 Å². The zero-order valence-corrected chi connectivity index (χ0v) is 11.8. The van der Waals surface area contributed by atoms with E-state index in [0.29, 0.717) is 5.92 Å². The van der Waals surface area contributed by atoms with Gasteiger partial charge in [-0.05, 0) is 36.0 Å². The minimum Gasteiger partial charge on any atom is -0.496 e. The Morgan fingerprint density at radius 1 is 1.17 bits per heavy atom. The molecule has 1 saturated carbocycles. The Morgan fingerprint density at radius 3 is 2.39 bits per heavy atom. The summed E-state index contributed by atoms with van der Waals surface area (Å²) in [6.45, 7) is 4.40. The summed E-state index contributed by atoms with van der Waals surface area (Å²) in [5.41, 5.74) is 9.04. The van der Waals surface area contributed by atoms with Crippen LogP contribution in [0, 0.1) is 0 Å². The van der Waals surface area contributed by atoms with Crippen LogP contribution in [-0.4, -0.2) is 7.11 Å². The van der Waals surface area contributed by atoms with Gasteiger partial charge in [0.25, 0.3) is 0 Å². The predicted octanol–water partition coefficient (Wildman–Crippen LogP) is 3.94. The average molecular weight is 247 g/mol. The molecule has 1 aliphatic carbocycles. The number of hydrogen-bond acceptors (Lipinski definition) is 2. The third-order valence-electron chi connectivity index (χ3n) is 4.17. The number of rotatable bonds is 3. The van der Waals surface area contributed by atoms with Gasteiger partial charge in [0.05, 0.1) is 7.11 Å². The van der Waals surface area contributed by atoms with Crippen molar-refractivity contribution in [1.29, 1.82) is 0 Å². The molecule has 1 fully saturated rings. The van der Waals surface area contributed by atoms with Gasteiger partial charge in [0.1, 0.15) is 5.75 Å². The number of ether oxygens (including phenoxy) is 1. The van der Waals surface area contributed by atoms with Gasteiger partial charge in [-0.1, -0.05) is 45.2 Å². The fraction of sp³-hybridized carbons (Fsp3) is 0.625. The summed E-state index contributed by atoms with van der Waals surface area (Å²) in [5.74, 6) is 1.44. The second kappa shape index (κ2) is 5.31. The molecule has 2 nitrogen and oxygen atoms in total. The maximum absolute atomic E-state index is 6.60. The van der Waals surface area contributed by atoms with Crippen LogP contribution in [0.1, 0.15) is 63.0 Å². The molecule has 0 heterocycles. The highest BCUT2D eigenvalue weighted by atomic mass is 16.5. The van der Waals surface area contributed by atoms with Crippen LogP contribution in [-0.2, 0) is 5.54 Å². The second-order valence-electron chi connectivity index (χ2n) is 5.83. The highest BCUT2D eigenvalue weighted by Gasteiger charge is 2.30. The molecule has 1 aromatic rings. The molecule has 0 aromatic heterocycles. The van der Waals surface area contributed by atoms with E-state index in [1.165, 1.54) is 30.4 Å². The molecule has 1 aromatic carbocycles. The van der Waals surface area contributed by atoms with Crippen LogP contribution in [0.15, 0.2) is 18.2 Å². The highest BCUT2D eigenvalue weighted by molar-refractivity contribution is 5.41. The summed E-state index contributed by atoms with van der Waals surface area (Å²) in [5, 5.41) is 0. The molecular weight excluding hydrogens is 222 g/mol. The molecule has 0 atom stereocenters. The first-order valence-electron chi connectivity index (χ1n) is 7.04. The summed E-state index contributed by atoms with van der Waals surface area (Å²) < 4.78 is 5.44. The standard InChI is InChI=1S/C16H25NO/c1-12(2)14-11-13(7-8-15(14)18-3)16(17)9-5-4-6-10-16/h7-8,11-12H,4-6,9-10,17H2,1-3H3. The minimum atomic E-state index is -0.117. The van der Waals surface area contributed by atoms with Gasteiger partial charge in [-0.15, -0.1) is 0 Å². The van der Waals surface area contributed by atoms with Crippen molar-refractivity contribution >= 4 is 0 Å². The largest absolute Gasteiger partial charge is 0.496 e. The van der Waals surface area contributed by atoms with Crippen molar-refractivity contribution in [3.8, 4) is 5.75 Å². The van der Waals surface area contributed by atoms with Crippen LogP contribution in [0.5, 0.6) is 5.75 Å². The summed E-state index contributed by atoms with van der Waals surface area (Å²) in [7, 11) is 1.74. The van der Waals surface area contributed by atoms with Crippen LogP contribution in [0.25, 0.3) is 0 Å². The van der Waals surface area contributed by atoms with Gasteiger partial charge in [0.2, 0.25) is 0 Å². The first-order valence-corrected chi connectivity index (χ1v) is 7.04. The van der Waals surface area contributed by atoms with Gasteiger partial charge in [0.15, 0.2) is 0 Å². The van der Waals surface area contributed by atoms with Crippen LogP contribution in [0.4, 0.5) is 0 Å². The van der Waals surface area contributed by atoms with Gasteiger partial charge in [-0.2, -0.15) is 0 Å². The normalized spacial score (nSPS) is 18.9. The molecular formula is C16H25NO. The van der Waals surface area contributed by atoms with Crippen molar-refractivity contribution in [3.63, 3.8) is 0 Å². The maximum Gasteiger partial charge on any atom is 0.122 e. The van der Waals surface area contributed by atoms with Gasteiger partial charge in [0, 0.05) is 5.54 Å². The van der Waals surface area contributed by atoms with E-state index < -0.39 is 0 Å². The molecule has 0 aliphatic heterocycles. The minimum absolute atomic E-state index is 0.117. The first kappa shape index (κ1) is 13.4. The monoisotopic (exact) mass is 247 g/mol. The van der Waals surface area contributed by atoms with Gasteiger partial charge < -0.3 is 10.5 Å². The Labute approximate surface area is 111 Å². The quantitative estimate of drug-likeness (QED) is 0.878. The lowest BCUT2D eigenvalue weighted by Crippen LogP contribution is -2.38. The van der Waals surface area contributed by atoms with E-state index >= 15 is 0 Å². The van der Waals surface area contributed by atoms with Crippen molar-refractivity contribution < 1.29 is 4.74 Å². The van der Waals surface area contributed by atoms with E-state index in [9.17, 15) is 0 Å². The first-order chi connectivity index (χ1) is 8.57. The van der Waals surface area contributed by atoms with E-state index in [-0.39, 0.29) is 5.54 Å². The van der Waals surface area contributed by atoms with Crippen molar-refractivity contribution in [3.05, 3.63) is 29.3 Å². The lowest BCUT2D eigenvalue weighted by molar-refractivity contribution is 0.301. The fourth-order valence-electron chi connectivity index (χ4n) is 2.97. The zero-order chi connectivity index (χ0) is 13.2. The number of methoxy groups -OCH3 is 1. The Balaban J connectivity index is 2.36. The smallest absolute Gasteiger partial charge is 0.122 e. The maximum atomic E-state index is 6.60. The predicted molar refractivity (Wildman–Crippen MR) is 76.0 cm³/mol. The van der Waals surface area contributed by atoms with Gasteiger partial charge in [-0.3, -0.25) is 0 Å². The lowest BCUT2D eigenvalue weighted by atomic mass is 9.76. The highest BCUT2D eigenvalue weighted by Crippen LogP contribution is 2.37. The summed E-state index contributed by atoms with van der Waals surface area (Å²) in [6, 6.07) is 6.48. The van der Waals surface area contributed by atoms with Crippen LogP contribution in [0.2, 0.25) is 0 Å². The van der Waals surface area contributed by atoms with Gasteiger partial charge in [-0.25, -0.2) is 0 Å². The number of hydrogen-bond donors (Lipinski definition) is 1. The summed E-state index contributed by atoms with van der Waals surface area (Å²) in [6.07, 6.45) is 6.04. The molecule has 2 rings (SSSR count). The number of nitrogens with two attached hydrogens (primary N) is 1. The molecule has 0 radical (unpaired) electrons. The van der Waals surface area contributed by atoms with E-state index in [4.69, 9.17) is 10.5 Å². The molecule has 0 unspecified atom stereocenters. The van der Waals surface area contributed by atoms with E-state index in [1.807, 2.05) is 0 Å². The Hall–Kier alpha value is -1.02. The molecule has 1 aliphatic rings. The van der Waals surface area contributed by atoms with Crippen LogP contribution < -0.4 is 10.5 Å². The van der Waals surface area contributed by atoms with Crippen LogP contribution >= 0.6 is 0 Å². The Kier molecular flexibility index (Phi) is 3.96. The average Bonchev–Trinajstić information content (AvgIpc) is 2.38. The molecule has 0 saturated heterocycles.